The fourth-order valence-corrected chi connectivity index (χ4v) is 4.34. The summed E-state index contributed by atoms with van der Waals surface area (Å²) in [5.41, 5.74) is 0. The van der Waals surface area contributed by atoms with E-state index in [9.17, 15) is 9.59 Å². The van der Waals surface area contributed by atoms with Crippen LogP contribution in [0.3, 0.4) is 0 Å². The highest BCUT2D eigenvalue weighted by molar-refractivity contribution is 7.15. The third-order valence-electron chi connectivity index (χ3n) is 4.79. The monoisotopic (exact) mass is 365 g/mol. The predicted octanol–water partition coefficient (Wildman–Crippen LogP) is 2.60. The van der Waals surface area contributed by atoms with Crippen molar-refractivity contribution in [3.05, 3.63) is 5.01 Å². The van der Waals surface area contributed by atoms with Crippen molar-refractivity contribution in [3.63, 3.8) is 0 Å². The van der Waals surface area contributed by atoms with E-state index in [0.717, 1.165) is 37.4 Å². The Morgan fingerprint density at radius 2 is 1.76 bits per heavy atom. The van der Waals surface area contributed by atoms with Gasteiger partial charge in [-0.3, -0.25) is 4.79 Å². The van der Waals surface area contributed by atoms with Gasteiger partial charge in [-0.2, -0.15) is 0 Å². The molecular weight excluding hydrogens is 338 g/mol. The Balaban J connectivity index is 1.46. The number of carbonyl (C=O) groups is 2. The summed E-state index contributed by atoms with van der Waals surface area (Å²) in [5, 5.41) is 12.6. The molecular formula is C17H27N5O2S. The van der Waals surface area contributed by atoms with Crippen LogP contribution in [0, 0.1) is 11.8 Å². The van der Waals surface area contributed by atoms with Gasteiger partial charge in [-0.1, -0.05) is 25.2 Å². The average Bonchev–Trinajstić information content (AvgIpc) is 3.26. The summed E-state index contributed by atoms with van der Waals surface area (Å²) in [6.45, 7) is 7.32. The first-order valence-corrected chi connectivity index (χ1v) is 10.0. The lowest BCUT2D eigenvalue weighted by molar-refractivity contribution is -0.121. The van der Waals surface area contributed by atoms with Crippen molar-refractivity contribution in [3.8, 4) is 0 Å². The minimum absolute atomic E-state index is 0.000480. The second kappa shape index (κ2) is 8.12. The molecule has 2 fully saturated rings. The largest absolute Gasteiger partial charge is 0.325 e. The van der Waals surface area contributed by atoms with Crippen molar-refractivity contribution in [2.24, 2.45) is 11.8 Å². The number of amides is 3. The zero-order valence-corrected chi connectivity index (χ0v) is 15.8. The van der Waals surface area contributed by atoms with Gasteiger partial charge in [0.2, 0.25) is 11.0 Å². The van der Waals surface area contributed by atoms with Gasteiger partial charge < -0.3 is 15.1 Å². The second-order valence-electron chi connectivity index (χ2n) is 7.33. The number of carbonyl (C=O) groups excluding carboxylic acids is 2. The number of hydrogen-bond acceptors (Lipinski definition) is 5. The number of aromatic nitrogens is 2. The Labute approximate surface area is 152 Å². The van der Waals surface area contributed by atoms with Crippen LogP contribution in [0.4, 0.5) is 9.93 Å². The molecule has 2 aliphatic heterocycles. The van der Waals surface area contributed by atoms with E-state index >= 15 is 0 Å². The molecule has 0 radical (unpaired) electrons. The van der Waals surface area contributed by atoms with Crippen molar-refractivity contribution in [1.29, 1.82) is 0 Å². The summed E-state index contributed by atoms with van der Waals surface area (Å²) in [4.78, 5) is 28.7. The third kappa shape index (κ3) is 4.68. The normalized spacial score (nSPS) is 18.8. The van der Waals surface area contributed by atoms with Crippen LogP contribution in [0.15, 0.2) is 0 Å². The van der Waals surface area contributed by atoms with Gasteiger partial charge in [0.15, 0.2) is 0 Å². The third-order valence-corrected chi connectivity index (χ3v) is 5.65. The molecule has 0 unspecified atom stereocenters. The predicted molar refractivity (Wildman–Crippen MR) is 97.6 cm³/mol. The highest BCUT2D eigenvalue weighted by atomic mass is 32.1. The number of nitrogens with zero attached hydrogens (tertiary/aromatic N) is 4. The number of rotatable bonds is 4. The van der Waals surface area contributed by atoms with Crippen LogP contribution in [0.1, 0.15) is 44.5 Å². The minimum Gasteiger partial charge on any atom is -0.325 e. The maximum Gasteiger partial charge on any atom is 0.319 e. The number of piperidine rings is 1. The molecule has 3 rings (SSSR count). The molecule has 0 bridgehead atoms. The van der Waals surface area contributed by atoms with E-state index in [1.54, 1.807) is 0 Å². The Kier molecular flexibility index (Phi) is 5.88. The van der Waals surface area contributed by atoms with Crippen molar-refractivity contribution in [2.45, 2.75) is 46.0 Å². The van der Waals surface area contributed by atoms with E-state index in [2.05, 4.69) is 29.4 Å². The number of likely N-dealkylation sites (tertiary alicyclic amines) is 2. The van der Waals surface area contributed by atoms with Gasteiger partial charge in [-0.15, -0.1) is 10.2 Å². The summed E-state index contributed by atoms with van der Waals surface area (Å²) in [6.07, 6.45) is 4.51. The lowest BCUT2D eigenvalue weighted by Crippen LogP contribution is -2.47. The summed E-state index contributed by atoms with van der Waals surface area (Å²) >= 11 is 1.45. The molecule has 8 heteroatoms. The van der Waals surface area contributed by atoms with Crippen LogP contribution in [0.5, 0.6) is 0 Å². The van der Waals surface area contributed by atoms with Gasteiger partial charge in [0.25, 0.3) is 0 Å². The molecule has 0 aliphatic carbocycles. The standard InChI is InChI=1S/C17H27N5O2S/c1-12(2)11-14-19-20-16(25-14)18-15(23)13-5-9-22(10-6-13)17(24)21-7-3-4-8-21/h12-13H,3-11H2,1-2H3,(H,18,20,23). The fraction of sp³-hybridized carbons (Fsp3) is 0.765. The topological polar surface area (TPSA) is 78.4 Å². The van der Waals surface area contributed by atoms with Crippen LogP contribution in [-0.2, 0) is 11.2 Å². The van der Waals surface area contributed by atoms with Crippen molar-refractivity contribution in [2.75, 3.05) is 31.5 Å². The molecule has 2 aliphatic rings. The van der Waals surface area contributed by atoms with Gasteiger partial charge in [-0.25, -0.2) is 4.79 Å². The molecule has 0 saturated carbocycles. The molecule has 3 heterocycles. The Bertz CT molecular complexity index is 604. The van der Waals surface area contributed by atoms with E-state index in [-0.39, 0.29) is 17.9 Å². The summed E-state index contributed by atoms with van der Waals surface area (Å²) < 4.78 is 0. The minimum atomic E-state index is -0.0555. The van der Waals surface area contributed by atoms with Crippen LogP contribution < -0.4 is 5.32 Å². The average molecular weight is 366 g/mol. The van der Waals surface area contributed by atoms with Crippen LogP contribution in [0.2, 0.25) is 0 Å². The number of hydrogen-bond donors (Lipinski definition) is 1. The van der Waals surface area contributed by atoms with Gasteiger partial charge in [0, 0.05) is 38.5 Å². The summed E-state index contributed by atoms with van der Waals surface area (Å²) in [7, 11) is 0. The molecule has 2 saturated heterocycles. The Hall–Kier alpha value is -1.70. The van der Waals surface area contributed by atoms with Gasteiger partial charge in [0.1, 0.15) is 5.01 Å². The molecule has 1 aromatic heterocycles. The molecule has 7 nitrogen and oxygen atoms in total. The van der Waals surface area contributed by atoms with Gasteiger partial charge in [0.05, 0.1) is 0 Å². The van der Waals surface area contributed by atoms with E-state index in [4.69, 9.17) is 0 Å². The fourth-order valence-electron chi connectivity index (χ4n) is 3.38. The first-order valence-electron chi connectivity index (χ1n) is 9.20. The zero-order valence-electron chi connectivity index (χ0n) is 15.0. The van der Waals surface area contributed by atoms with E-state index in [1.807, 2.05) is 9.80 Å². The van der Waals surface area contributed by atoms with Gasteiger partial charge >= 0.3 is 6.03 Å². The Morgan fingerprint density at radius 1 is 1.12 bits per heavy atom. The molecule has 1 N–H and O–H groups in total. The van der Waals surface area contributed by atoms with E-state index < -0.39 is 0 Å². The molecule has 25 heavy (non-hydrogen) atoms. The highest BCUT2D eigenvalue weighted by Crippen LogP contribution is 2.23. The number of anilines is 1. The van der Waals surface area contributed by atoms with Crippen molar-refractivity contribution in [1.82, 2.24) is 20.0 Å². The van der Waals surface area contributed by atoms with Crippen molar-refractivity contribution < 1.29 is 9.59 Å². The molecule has 0 aromatic carbocycles. The first kappa shape index (κ1) is 18.1. The van der Waals surface area contributed by atoms with Crippen LogP contribution >= 0.6 is 11.3 Å². The molecule has 3 amide bonds. The van der Waals surface area contributed by atoms with Crippen LogP contribution in [0.25, 0.3) is 0 Å². The maximum absolute atomic E-state index is 12.4. The van der Waals surface area contributed by atoms with Gasteiger partial charge in [-0.05, 0) is 31.6 Å². The van der Waals surface area contributed by atoms with E-state index in [0.29, 0.717) is 37.0 Å². The van der Waals surface area contributed by atoms with Crippen molar-refractivity contribution >= 4 is 28.4 Å². The molecule has 138 valence electrons. The SMILES string of the molecule is CC(C)Cc1nnc(NC(=O)C2CCN(C(=O)N3CCCC3)CC2)s1. The highest BCUT2D eigenvalue weighted by Gasteiger charge is 2.30. The first-order chi connectivity index (χ1) is 12.0. The van der Waals surface area contributed by atoms with E-state index in [1.165, 1.54) is 11.3 Å². The summed E-state index contributed by atoms with van der Waals surface area (Å²) in [5.74, 6) is 0.467. The maximum atomic E-state index is 12.4. The zero-order chi connectivity index (χ0) is 17.8. The Morgan fingerprint density at radius 3 is 2.40 bits per heavy atom. The number of urea groups is 1. The van der Waals surface area contributed by atoms with Crippen LogP contribution in [-0.4, -0.2) is 58.1 Å². The number of nitrogens with one attached hydrogen (secondary N) is 1. The second-order valence-corrected chi connectivity index (χ2v) is 8.39. The lowest BCUT2D eigenvalue weighted by atomic mass is 9.96. The molecule has 0 spiro atoms. The lowest BCUT2D eigenvalue weighted by Gasteiger charge is -2.33. The smallest absolute Gasteiger partial charge is 0.319 e. The quantitative estimate of drug-likeness (QED) is 0.889. The molecule has 1 aromatic rings. The summed E-state index contributed by atoms with van der Waals surface area (Å²) in [6, 6.07) is 0.138. The molecule has 0 atom stereocenters.